The number of hydrogen-bond acceptors (Lipinski definition) is 5. The lowest BCUT2D eigenvalue weighted by Gasteiger charge is -2.38. The fourth-order valence-electron chi connectivity index (χ4n) is 4.07. The second-order valence-electron chi connectivity index (χ2n) is 7.44. The SMILES string of the molecule is CN(Cc1ccccn1)[C@H]1COC2(CCN(Cc3cccs3)CC2)C1. The number of aromatic nitrogens is 1. The second-order valence-corrected chi connectivity index (χ2v) is 8.48. The molecule has 2 fully saturated rings. The van der Waals surface area contributed by atoms with Gasteiger partial charge in [0.2, 0.25) is 0 Å². The van der Waals surface area contributed by atoms with Gasteiger partial charge in [0.05, 0.1) is 17.9 Å². The lowest BCUT2D eigenvalue weighted by atomic mass is 9.87. The van der Waals surface area contributed by atoms with Gasteiger partial charge in [-0.1, -0.05) is 12.1 Å². The molecule has 0 amide bonds. The zero-order chi connectivity index (χ0) is 17.1. The lowest BCUT2D eigenvalue weighted by molar-refractivity contribution is -0.0451. The minimum absolute atomic E-state index is 0.106. The minimum atomic E-state index is 0.106. The van der Waals surface area contributed by atoms with Crippen molar-refractivity contribution in [3.8, 4) is 0 Å². The Kier molecular flexibility index (Phi) is 5.17. The molecule has 0 aromatic carbocycles. The first kappa shape index (κ1) is 17.2. The summed E-state index contributed by atoms with van der Waals surface area (Å²) in [4.78, 5) is 10.9. The molecule has 1 spiro atoms. The van der Waals surface area contributed by atoms with Crippen LogP contribution in [0.4, 0.5) is 0 Å². The van der Waals surface area contributed by atoms with Crippen LogP contribution in [0.5, 0.6) is 0 Å². The molecule has 1 atom stereocenters. The number of likely N-dealkylation sites (N-methyl/N-ethyl adjacent to an activating group) is 1. The standard InChI is InChI=1S/C20H27N3OS/c1-22(14-17-5-2-3-9-21-17)18-13-20(24-16-18)7-10-23(11-8-20)15-19-6-4-12-25-19/h2-6,9,12,18H,7-8,10-11,13-16H2,1H3/t18-/m1/s1. The molecule has 4 rings (SSSR count). The van der Waals surface area contributed by atoms with Crippen LogP contribution in [-0.2, 0) is 17.8 Å². The molecule has 134 valence electrons. The van der Waals surface area contributed by atoms with E-state index in [1.165, 1.54) is 4.88 Å². The molecule has 25 heavy (non-hydrogen) atoms. The molecule has 0 bridgehead atoms. The first-order valence-electron chi connectivity index (χ1n) is 9.21. The third kappa shape index (κ3) is 4.11. The van der Waals surface area contributed by atoms with E-state index in [9.17, 15) is 0 Å². The van der Waals surface area contributed by atoms with E-state index in [1.807, 2.05) is 23.6 Å². The number of hydrogen-bond donors (Lipinski definition) is 0. The molecule has 4 heterocycles. The highest BCUT2D eigenvalue weighted by atomic mass is 32.1. The van der Waals surface area contributed by atoms with Gasteiger partial charge in [-0.25, -0.2) is 0 Å². The number of piperidine rings is 1. The summed E-state index contributed by atoms with van der Waals surface area (Å²) in [5.41, 5.74) is 1.24. The number of likely N-dealkylation sites (tertiary alicyclic amines) is 1. The summed E-state index contributed by atoms with van der Waals surface area (Å²) in [6.45, 7) is 5.14. The number of ether oxygens (including phenoxy) is 1. The van der Waals surface area contributed by atoms with Crippen LogP contribution in [0.1, 0.15) is 29.8 Å². The van der Waals surface area contributed by atoms with Gasteiger partial charge in [0.15, 0.2) is 0 Å². The summed E-state index contributed by atoms with van der Waals surface area (Å²) >= 11 is 1.86. The van der Waals surface area contributed by atoms with Gasteiger partial charge in [-0.3, -0.25) is 14.8 Å². The van der Waals surface area contributed by atoms with Crippen LogP contribution in [0.25, 0.3) is 0 Å². The molecule has 4 nitrogen and oxygen atoms in total. The Morgan fingerprint density at radius 2 is 2.16 bits per heavy atom. The number of rotatable bonds is 5. The minimum Gasteiger partial charge on any atom is -0.373 e. The summed E-state index contributed by atoms with van der Waals surface area (Å²) in [7, 11) is 2.20. The molecule has 0 unspecified atom stereocenters. The molecular formula is C20H27N3OS. The molecule has 0 radical (unpaired) electrons. The predicted molar refractivity (Wildman–Crippen MR) is 102 cm³/mol. The Labute approximate surface area is 154 Å². The van der Waals surface area contributed by atoms with Crippen molar-refractivity contribution in [2.24, 2.45) is 0 Å². The van der Waals surface area contributed by atoms with Crippen molar-refractivity contribution in [1.82, 2.24) is 14.8 Å². The Morgan fingerprint density at radius 1 is 1.28 bits per heavy atom. The smallest absolute Gasteiger partial charge is 0.0723 e. The molecule has 2 aliphatic rings. The largest absolute Gasteiger partial charge is 0.373 e. The van der Waals surface area contributed by atoms with E-state index in [-0.39, 0.29) is 5.60 Å². The molecule has 0 aliphatic carbocycles. The molecule has 0 N–H and O–H groups in total. The van der Waals surface area contributed by atoms with Crippen molar-refractivity contribution in [2.45, 2.75) is 44.0 Å². The van der Waals surface area contributed by atoms with E-state index in [4.69, 9.17) is 4.74 Å². The lowest BCUT2D eigenvalue weighted by Crippen LogP contribution is -2.44. The quantitative estimate of drug-likeness (QED) is 0.820. The summed E-state index contributed by atoms with van der Waals surface area (Å²) in [5.74, 6) is 0. The topological polar surface area (TPSA) is 28.6 Å². The zero-order valence-corrected chi connectivity index (χ0v) is 15.8. The fraction of sp³-hybridized carbons (Fsp3) is 0.550. The Morgan fingerprint density at radius 3 is 2.88 bits per heavy atom. The Bertz CT molecular complexity index is 653. The van der Waals surface area contributed by atoms with Crippen LogP contribution < -0.4 is 0 Å². The average molecular weight is 358 g/mol. The van der Waals surface area contributed by atoms with E-state index < -0.39 is 0 Å². The van der Waals surface area contributed by atoms with Gasteiger partial charge in [-0.05, 0) is 49.9 Å². The maximum absolute atomic E-state index is 6.35. The second kappa shape index (κ2) is 7.54. The van der Waals surface area contributed by atoms with Crippen molar-refractivity contribution < 1.29 is 4.74 Å². The van der Waals surface area contributed by atoms with Crippen LogP contribution >= 0.6 is 11.3 Å². The predicted octanol–water partition coefficient (Wildman–Crippen LogP) is 3.40. The highest BCUT2D eigenvalue weighted by Crippen LogP contribution is 2.38. The van der Waals surface area contributed by atoms with Gasteiger partial charge in [0, 0.05) is 43.3 Å². The van der Waals surface area contributed by atoms with Crippen molar-refractivity contribution in [2.75, 3.05) is 26.7 Å². The number of nitrogens with zero attached hydrogens (tertiary/aromatic N) is 3. The van der Waals surface area contributed by atoms with Crippen LogP contribution in [0.15, 0.2) is 41.9 Å². The van der Waals surface area contributed by atoms with Crippen LogP contribution in [0.3, 0.4) is 0 Å². The average Bonchev–Trinajstić information content (AvgIpc) is 3.29. The Balaban J connectivity index is 1.28. The monoisotopic (exact) mass is 357 g/mol. The van der Waals surface area contributed by atoms with Gasteiger partial charge in [-0.15, -0.1) is 11.3 Å². The summed E-state index contributed by atoms with van der Waals surface area (Å²) in [5, 5.41) is 2.17. The third-order valence-electron chi connectivity index (χ3n) is 5.68. The molecule has 2 saturated heterocycles. The molecule has 2 aliphatic heterocycles. The van der Waals surface area contributed by atoms with Crippen molar-refractivity contribution in [3.05, 3.63) is 52.5 Å². The van der Waals surface area contributed by atoms with Gasteiger partial charge >= 0.3 is 0 Å². The van der Waals surface area contributed by atoms with Gasteiger partial charge in [0.25, 0.3) is 0 Å². The van der Waals surface area contributed by atoms with E-state index >= 15 is 0 Å². The summed E-state index contributed by atoms with van der Waals surface area (Å²) in [6, 6.07) is 11.0. The first-order valence-corrected chi connectivity index (χ1v) is 10.1. The first-order chi connectivity index (χ1) is 12.2. The molecule has 2 aromatic heterocycles. The summed E-state index contributed by atoms with van der Waals surface area (Å²) in [6.07, 6.45) is 5.35. The Hall–Kier alpha value is -1.27. The maximum atomic E-state index is 6.35. The van der Waals surface area contributed by atoms with Crippen LogP contribution in [0.2, 0.25) is 0 Å². The van der Waals surface area contributed by atoms with Crippen LogP contribution in [-0.4, -0.2) is 53.2 Å². The summed E-state index contributed by atoms with van der Waals surface area (Å²) < 4.78 is 6.35. The van der Waals surface area contributed by atoms with Crippen molar-refractivity contribution in [1.29, 1.82) is 0 Å². The van der Waals surface area contributed by atoms with Crippen molar-refractivity contribution >= 4 is 11.3 Å². The van der Waals surface area contributed by atoms with E-state index in [0.717, 1.165) is 57.7 Å². The van der Waals surface area contributed by atoms with E-state index in [0.29, 0.717) is 6.04 Å². The maximum Gasteiger partial charge on any atom is 0.0723 e. The number of pyridine rings is 1. The van der Waals surface area contributed by atoms with Crippen LogP contribution in [0, 0.1) is 0 Å². The van der Waals surface area contributed by atoms with E-state index in [1.54, 1.807) is 0 Å². The van der Waals surface area contributed by atoms with E-state index in [2.05, 4.69) is 51.5 Å². The highest BCUT2D eigenvalue weighted by molar-refractivity contribution is 7.09. The van der Waals surface area contributed by atoms with Gasteiger partial charge in [-0.2, -0.15) is 0 Å². The zero-order valence-electron chi connectivity index (χ0n) is 14.9. The highest BCUT2D eigenvalue weighted by Gasteiger charge is 2.43. The molecule has 5 heteroatoms. The molecular weight excluding hydrogens is 330 g/mol. The van der Waals surface area contributed by atoms with Gasteiger partial charge in [0.1, 0.15) is 0 Å². The van der Waals surface area contributed by atoms with Gasteiger partial charge < -0.3 is 4.74 Å². The third-order valence-corrected chi connectivity index (χ3v) is 6.54. The fourth-order valence-corrected chi connectivity index (χ4v) is 4.82. The molecule has 2 aromatic rings. The van der Waals surface area contributed by atoms with Crippen molar-refractivity contribution in [3.63, 3.8) is 0 Å². The number of thiophene rings is 1. The normalized spacial score (nSPS) is 23.5. The molecule has 0 saturated carbocycles.